The van der Waals surface area contributed by atoms with Gasteiger partial charge in [0.2, 0.25) is 47.3 Å². The maximum atomic E-state index is 14.1. The van der Waals surface area contributed by atoms with Gasteiger partial charge in [0.05, 0.1) is 25.2 Å². The number of nitrogens with one attached hydrogen (secondary N) is 6. The van der Waals surface area contributed by atoms with E-state index in [-0.39, 0.29) is 56.8 Å². The molecule has 25 nitrogen and oxygen atoms in total. The second-order valence-electron chi connectivity index (χ2n) is 17.4. The molecular formula is C44H61N11O14. The molecule has 1 aromatic heterocycles. The number of hydrogen-bond acceptors (Lipinski definition) is 13. The lowest BCUT2D eigenvalue weighted by Crippen LogP contribution is -2.60. The molecule has 376 valence electrons. The second-order valence-corrected chi connectivity index (χ2v) is 17.4. The van der Waals surface area contributed by atoms with E-state index in [9.17, 15) is 68.1 Å². The van der Waals surface area contributed by atoms with Crippen molar-refractivity contribution in [3.63, 3.8) is 0 Å². The van der Waals surface area contributed by atoms with Gasteiger partial charge in [-0.3, -0.25) is 47.9 Å². The molecule has 8 atom stereocenters. The molecule has 2 fully saturated rings. The molecule has 0 saturated carbocycles. The van der Waals surface area contributed by atoms with E-state index in [0.717, 1.165) is 10.5 Å². The fourth-order valence-electron chi connectivity index (χ4n) is 8.16. The molecule has 2 aliphatic rings. The number of nitrogens with zero attached hydrogens (tertiary/aromatic N) is 3. The van der Waals surface area contributed by atoms with Crippen molar-refractivity contribution in [3.05, 3.63) is 54.1 Å². The highest BCUT2D eigenvalue weighted by atomic mass is 16.4. The van der Waals surface area contributed by atoms with Crippen LogP contribution in [0, 0.1) is 5.92 Å². The molecule has 0 aliphatic carbocycles. The summed E-state index contributed by atoms with van der Waals surface area (Å²) in [5.74, 6) is -12.1. The minimum atomic E-state index is -1.79. The number of primary amides is 1. The average molecular weight is 968 g/mol. The van der Waals surface area contributed by atoms with Crippen molar-refractivity contribution in [3.8, 4) is 0 Å². The fourth-order valence-corrected chi connectivity index (χ4v) is 8.16. The predicted molar refractivity (Wildman–Crippen MR) is 240 cm³/mol. The van der Waals surface area contributed by atoms with Gasteiger partial charge < -0.3 is 68.2 Å². The molecule has 1 aromatic carbocycles. The summed E-state index contributed by atoms with van der Waals surface area (Å²) in [6, 6.07) is -2.63. The molecule has 0 unspecified atom stereocenters. The molecule has 13 N–H and O–H groups in total. The second kappa shape index (κ2) is 25.6. The standard InChI is InChI=1S/C44H61N11O14/c1-23(2)16-28(38(62)53-31(20-36(59)60)43(67)55-15-7-11-33(55)44(68)69)50-37(61)27(12-13-34(46)56)49-39(63)29(18-25-21-47-22-48-25)51-40(64)30(19-35(57)58)52-41(65)32-10-6-14-54(32)42(66)26(45)17-24-8-4-3-5-9-24/h3-5,8-9,21-23,26-33H,6-7,10-20,45H2,1-2H3,(H2,46,56)(H,47,48)(H,49,63)(H,50,61)(H,51,64)(H,52,65)(H,53,62)(H,57,58)(H,59,60)(H,68,69)/t26-,27-,28-,29-,30-,31-,32-,33-/m0/s1. The first-order valence-corrected chi connectivity index (χ1v) is 22.5. The van der Waals surface area contributed by atoms with E-state index in [1.807, 2.05) is 0 Å². The third kappa shape index (κ3) is 16.4. The summed E-state index contributed by atoms with van der Waals surface area (Å²) in [6.07, 6.45) is 0.579. The van der Waals surface area contributed by atoms with E-state index in [4.69, 9.17) is 11.5 Å². The number of rotatable bonds is 26. The Labute approximate surface area is 396 Å². The van der Waals surface area contributed by atoms with Crippen LogP contribution in [0.3, 0.4) is 0 Å². The molecule has 2 saturated heterocycles. The zero-order valence-corrected chi connectivity index (χ0v) is 38.3. The number of likely N-dealkylation sites (tertiary alicyclic amines) is 2. The van der Waals surface area contributed by atoms with Crippen molar-refractivity contribution < 1.29 is 68.1 Å². The van der Waals surface area contributed by atoms with Gasteiger partial charge in [0.25, 0.3) is 0 Å². The molecular weight excluding hydrogens is 907 g/mol. The molecule has 0 bridgehead atoms. The Balaban J connectivity index is 1.53. The van der Waals surface area contributed by atoms with E-state index in [1.165, 1.54) is 17.4 Å². The zero-order valence-electron chi connectivity index (χ0n) is 38.3. The minimum Gasteiger partial charge on any atom is -0.481 e. The minimum absolute atomic E-state index is 0.00126. The lowest BCUT2D eigenvalue weighted by Gasteiger charge is -2.29. The topological polar surface area (TPSA) is 396 Å². The number of carbonyl (C=O) groups is 11. The Morgan fingerprint density at radius 3 is 1.81 bits per heavy atom. The van der Waals surface area contributed by atoms with Gasteiger partial charge in [0.1, 0.15) is 42.3 Å². The number of carbonyl (C=O) groups excluding carboxylic acids is 8. The first-order valence-electron chi connectivity index (χ1n) is 22.5. The number of H-pyrrole nitrogens is 1. The normalized spacial score (nSPS) is 18.1. The van der Waals surface area contributed by atoms with Crippen molar-refractivity contribution in [2.24, 2.45) is 17.4 Å². The smallest absolute Gasteiger partial charge is 0.326 e. The molecule has 8 amide bonds. The Morgan fingerprint density at radius 2 is 1.23 bits per heavy atom. The third-order valence-electron chi connectivity index (χ3n) is 11.5. The van der Waals surface area contributed by atoms with E-state index >= 15 is 0 Å². The lowest BCUT2D eigenvalue weighted by molar-refractivity contribution is -0.150. The molecule has 2 aromatic rings. The van der Waals surface area contributed by atoms with E-state index in [0.29, 0.717) is 12.8 Å². The quantitative estimate of drug-likeness (QED) is 0.0456. The summed E-state index contributed by atoms with van der Waals surface area (Å²) in [4.78, 5) is 153. The first-order chi connectivity index (χ1) is 32.6. The zero-order chi connectivity index (χ0) is 50.9. The van der Waals surface area contributed by atoms with Gasteiger partial charge in [0, 0.05) is 37.8 Å². The number of aromatic nitrogens is 2. The van der Waals surface area contributed by atoms with Gasteiger partial charge in [-0.25, -0.2) is 9.78 Å². The predicted octanol–water partition coefficient (Wildman–Crippen LogP) is -2.73. The number of carboxylic acids is 3. The highest BCUT2D eigenvalue weighted by Gasteiger charge is 2.41. The number of aromatic amines is 1. The summed E-state index contributed by atoms with van der Waals surface area (Å²) >= 11 is 0. The summed E-state index contributed by atoms with van der Waals surface area (Å²) in [6.45, 7) is 3.55. The van der Waals surface area contributed by atoms with Crippen LogP contribution >= 0.6 is 0 Å². The molecule has 69 heavy (non-hydrogen) atoms. The molecule has 3 heterocycles. The highest BCUT2D eigenvalue weighted by Crippen LogP contribution is 2.21. The SMILES string of the molecule is CC(C)C[C@H](NC(=O)[C@H](CCC(N)=O)NC(=O)[C@H](Cc1cnc[nH]1)NC(=O)[C@H](CC(=O)O)NC(=O)[C@@H]1CCCN1C(=O)[C@@H](N)Cc1ccccc1)C(=O)N[C@@H](CC(=O)O)C(=O)N1CCC[C@H]1C(=O)O. The Kier molecular flexibility index (Phi) is 20.1. The summed E-state index contributed by atoms with van der Waals surface area (Å²) in [5.41, 5.74) is 12.7. The van der Waals surface area contributed by atoms with Crippen LogP contribution < -0.4 is 38.1 Å². The molecule has 2 aliphatic heterocycles. The van der Waals surface area contributed by atoms with E-state index < -0.39 is 139 Å². The maximum absolute atomic E-state index is 14.1. The maximum Gasteiger partial charge on any atom is 0.326 e. The van der Waals surface area contributed by atoms with Gasteiger partial charge in [-0.05, 0) is 56.4 Å². The van der Waals surface area contributed by atoms with Crippen LogP contribution in [-0.4, -0.2) is 162 Å². The molecule has 0 radical (unpaired) electrons. The largest absolute Gasteiger partial charge is 0.481 e. The Bertz CT molecular complexity index is 2190. The van der Waals surface area contributed by atoms with Gasteiger partial charge in [-0.2, -0.15) is 0 Å². The highest BCUT2D eigenvalue weighted by molar-refractivity contribution is 5.99. The van der Waals surface area contributed by atoms with Crippen molar-refractivity contribution in [1.82, 2.24) is 46.4 Å². The average Bonchev–Trinajstić information content (AvgIpc) is 4.09. The van der Waals surface area contributed by atoms with Gasteiger partial charge in [-0.15, -0.1) is 0 Å². The summed E-state index contributed by atoms with van der Waals surface area (Å²) in [7, 11) is 0. The number of imidazole rings is 1. The first kappa shape index (κ1) is 54.2. The number of amides is 8. The van der Waals surface area contributed by atoms with Crippen LogP contribution in [0.15, 0.2) is 42.9 Å². The molecule has 0 spiro atoms. The van der Waals surface area contributed by atoms with Gasteiger partial charge >= 0.3 is 17.9 Å². The van der Waals surface area contributed by atoms with Crippen molar-refractivity contribution in [1.29, 1.82) is 0 Å². The summed E-state index contributed by atoms with van der Waals surface area (Å²) in [5, 5.41) is 41.1. The number of aliphatic carboxylic acids is 3. The van der Waals surface area contributed by atoms with Crippen LogP contribution in [0.25, 0.3) is 0 Å². The van der Waals surface area contributed by atoms with E-state index in [1.54, 1.807) is 44.2 Å². The van der Waals surface area contributed by atoms with Crippen molar-refractivity contribution in [2.75, 3.05) is 13.1 Å². The van der Waals surface area contributed by atoms with Crippen LogP contribution in [0.2, 0.25) is 0 Å². The number of hydrogen-bond donors (Lipinski definition) is 11. The monoisotopic (exact) mass is 967 g/mol. The number of carboxylic acid groups (broad SMARTS) is 3. The third-order valence-corrected chi connectivity index (χ3v) is 11.5. The van der Waals surface area contributed by atoms with E-state index in [2.05, 4.69) is 36.6 Å². The van der Waals surface area contributed by atoms with Gasteiger partial charge in [-0.1, -0.05) is 44.2 Å². The number of benzene rings is 1. The molecule has 25 heteroatoms. The Hall–Kier alpha value is -7.44. The number of nitrogens with two attached hydrogens (primary N) is 2. The van der Waals surface area contributed by atoms with Crippen LogP contribution in [-0.2, 0) is 65.6 Å². The lowest BCUT2D eigenvalue weighted by atomic mass is 10.0. The van der Waals surface area contributed by atoms with Crippen molar-refractivity contribution >= 4 is 65.2 Å². The van der Waals surface area contributed by atoms with Gasteiger partial charge in [0.15, 0.2) is 0 Å². The molecule has 4 rings (SSSR count). The summed E-state index contributed by atoms with van der Waals surface area (Å²) < 4.78 is 0. The Morgan fingerprint density at radius 1 is 0.696 bits per heavy atom. The fraction of sp³-hybridized carbons (Fsp3) is 0.545. The van der Waals surface area contributed by atoms with Crippen LogP contribution in [0.4, 0.5) is 0 Å². The van der Waals surface area contributed by atoms with Crippen LogP contribution in [0.5, 0.6) is 0 Å². The van der Waals surface area contributed by atoms with Crippen molar-refractivity contribution in [2.45, 2.75) is 133 Å². The van der Waals surface area contributed by atoms with Crippen LogP contribution in [0.1, 0.15) is 82.9 Å².